The van der Waals surface area contributed by atoms with Crippen LogP contribution in [0.1, 0.15) is 41.5 Å². The van der Waals surface area contributed by atoms with E-state index in [-0.39, 0.29) is 11.1 Å². The van der Waals surface area contributed by atoms with Crippen LogP contribution >= 0.6 is 8.35 Å². The Balaban J connectivity index is 4.56. The zero-order chi connectivity index (χ0) is 9.28. The van der Waals surface area contributed by atoms with Crippen LogP contribution in [0.5, 0.6) is 0 Å². The maximum atomic E-state index is 3.92. The van der Waals surface area contributed by atoms with Crippen LogP contribution in [0.3, 0.4) is 0 Å². The molecule has 1 nitrogen and oxygen atoms in total. The van der Waals surface area contributed by atoms with Gasteiger partial charge in [-0.2, -0.15) is 0 Å². The molecule has 0 bridgehead atoms. The summed E-state index contributed by atoms with van der Waals surface area (Å²) in [7, 11) is 1.10. The number of nitrogens with zero attached hydrogens (tertiary/aromatic N) is 1. The molecule has 0 radical (unpaired) electrons. The van der Waals surface area contributed by atoms with Crippen LogP contribution < -0.4 is 0 Å². The molecule has 66 valence electrons. The predicted molar refractivity (Wildman–Crippen MR) is 55.4 cm³/mol. The van der Waals surface area contributed by atoms with Crippen molar-refractivity contribution < 1.29 is 0 Å². The molecule has 0 saturated carbocycles. The van der Waals surface area contributed by atoms with E-state index in [1.807, 2.05) is 0 Å². The maximum Gasteiger partial charge on any atom is 0.0212 e. The quantitative estimate of drug-likeness (QED) is 0.550. The lowest BCUT2D eigenvalue weighted by Gasteiger charge is -2.41. The fraction of sp³-hybridized carbons (Fsp3) is 0.889. The van der Waals surface area contributed by atoms with E-state index in [9.17, 15) is 0 Å². The van der Waals surface area contributed by atoms with Crippen molar-refractivity contribution in [1.82, 2.24) is 4.67 Å². The molecule has 0 rings (SSSR count). The van der Waals surface area contributed by atoms with Crippen LogP contribution in [0, 0.1) is 0 Å². The zero-order valence-corrected chi connectivity index (χ0v) is 9.50. The lowest BCUT2D eigenvalue weighted by molar-refractivity contribution is 0.155. The monoisotopic (exact) mass is 173 g/mol. The molecule has 0 atom stereocenters. The lowest BCUT2D eigenvalue weighted by atomic mass is 10.0. The summed E-state index contributed by atoms with van der Waals surface area (Å²) in [5, 5.41) is 0. The summed E-state index contributed by atoms with van der Waals surface area (Å²) >= 11 is 0. The molecule has 0 aromatic carbocycles. The van der Waals surface area contributed by atoms with E-state index < -0.39 is 0 Å². The molecule has 0 unspecified atom stereocenters. The van der Waals surface area contributed by atoms with Crippen LogP contribution in [0.15, 0.2) is 0 Å². The molecule has 0 N–H and O–H groups in total. The molecular weight excluding hydrogens is 153 g/mol. The molecule has 0 aromatic rings. The summed E-state index contributed by atoms with van der Waals surface area (Å²) in [5.41, 5.74) is 0.420. The summed E-state index contributed by atoms with van der Waals surface area (Å²) in [4.78, 5) is 0. The van der Waals surface area contributed by atoms with Gasteiger partial charge in [0.05, 0.1) is 0 Å². The molecule has 0 fully saturated rings. The summed E-state index contributed by atoms with van der Waals surface area (Å²) in [6.45, 7) is 13.3. The molecule has 11 heavy (non-hydrogen) atoms. The standard InChI is InChI=1S/C9H20NP/c1-8(2,3)10(11-7)9(4,5)6/h7H2,1-6H3. The molecule has 0 aliphatic heterocycles. The van der Waals surface area contributed by atoms with E-state index in [1.54, 1.807) is 0 Å². The molecule has 0 heterocycles. The minimum Gasteiger partial charge on any atom is -0.247 e. The van der Waals surface area contributed by atoms with E-state index in [0.29, 0.717) is 0 Å². The van der Waals surface area contributed by atoms with Gasteiger partial charge in [-0.3, -0.25) is 0 Å². The largest absolute Gasteiger partial charge is 0.247 e. The predicted octanol–water partition coefficient (Wildman–Crippen LogP) is 3.18. The summed E-state index contributed by atoms with van der Waals surface area (Å²) in [6.07, 6.45) is 3.92. The summed E-state index contributed by atoms with van der Waals surface area (Å²) in [6, 6.07) is 0. The van der Waals surface area contributed by atoms with Gasteiger partial charge in [-0.15, -0.1) is 0 Å². The third-order valence-corrected chi connectivity index (χ3v) is 2.90. The van der Waals surface area contributed by atoms with Gasteiger partial charge in [0.25, 0.3) is 0 Å². The average Bonchev–Trinajstić information content (AvgIpc) is 1.56. The van der Waals surface area contributed by atoms with E-state index in [0.717, 1.165) is 8.35 Å². The highest BCUT2D eigenvalue weighted by Gasteiger charge is 2.29. The Kier molecular flexibility index (Phi) is 3.28. The first-order chi connectivity index (χ1) is 4.69. The van der Waals surface area contributed by atoms with E-state index >= 15 is 0 Å². The van der Waals surface area contributed by atoms with Crippen molar-refractivity contribution in [2.75, 3.05) is 0 Å². The average molecular weight is 173 g/mol. The Morgan fingerprint density at radius 3 is 1.18 bits per heavy atom. The first kappa shape index (κ1) is 11.1. The first-order valence-electron chi connectivity index (χ1n) is 3.96. The Hall–Kier alpha value is 0.130. The Labute approximate surface area is 72.6 Å². The van der Waals surface area contributed by atoms with Crippen molar-refractivity contribution in [3.63, 3.8) is 0 Å². The number of hydrogen-bond donors (Lipinski definition) is 0. The van der Waals surface area contributed by atoms with E-state index in [1.165, 1.54) is 0 Å². The highest BCUT2D eigenvalue weighted by atomic mass is 31.1. The van der Waals surface area contributed by atoms with Gasteiger partial charge >= 0.3 is 0 Å². The number of rotatable bonds is 1. The van der Waals surface area contributed by atoms with Gasteiger partial charge in [0.15, 0.2) is 0 Å². The molecular formula is C9H20NP. The second-order valence-corrected chi connectivity index (χ2v) is 5.48. The van der Waals surface area contributed by atoms with Gasteiger partial charge in [0.1, 0.15) is 0 Å². The highest BCUT2D eigenvalue weighted by Crippen LogP contribution is 2.30. The van der Waals surface area contributed by atoms with Crippen molar-refractivity contribution >= 4 is 14.7 Å². The van der Waals surface area contributed by atoms with Crippen molar-refractivity contribution in [2.24, 2.45) is 0 Å². The smallest absolute Gasteiger partial charge is 0.0212 e. The Morgan fingerprint density at radius 2 is 1.18 bits per heavy atom. The van der Waals surface area contributed by atoms with Crippen molar-refractivity contribution in [2.45, 2.75) is 52.6 Å². The fourth-order valence-electron chi connectivity index (χ4n) is 1.43. The molecule has 0 amide bonds. The third-order valence-electron chi connectivity index (χ3n) is 1.41. The van der Waals surface area contributed by atoms with Crippen molar-refractivity contribution in [3.05, 3.63) is 0 Å². The molecule has 0 aromatic heterocycles. The topological polar surface area (TPSA) is 3.24 Å². The van der Waals surface area contributed by atoms with Crippen LogP contribution in [-0.4, -0.2) is 22.0 Å². The SMILES string of the molecule is C=PN(C(C)(C)C)C(C)(C)C. The summed E-state index contributed by atoms with van der Waals surface area (Å²) < 4.78 is 2.36. The van der Waals surface area contributed by atoms with Gasteiger partial charge in [-0.25, -0.2) is 4.67 Å². The van der Waals surface area contributed by atoms with Gasteiger partial charge in [-0.1, -0.05) is 6.30 Å². The Bertz CT molecular complexity index is 125. The van der Waals surface area contributed by atoms with Crippen molar-refractivity contribution in [1.29, 1.82) is 0 Å². The number of hydrogen-bond acceptors (Lipinski definition) is 1. The van der Waals surface area contributed by atoms with Gasteiger partial charge in [-0.05, 0) is 49.9 Å². The first-order valence-corrected chi connectivity index (χ1v) is 5.00. The van der Waals surface area contributed by atoms with Gasteiger partial charge in [0.2, 0.25) is 0 Å². The Morgan fingerprint density at radius 1 is 0.909 bits per heavy atom. The molecule has 2 heteroatoms. The van der Waals surface area contributed by atoms with Gasteiger partial charge in [0, 0.05) is 11.1 Å². The molecule has 0 spiro atoms. The van der Waals surface area contributed by atoms with E-state index in [4.69, 9.17) is 0 Å². The maximum absolute atomic E-state index is 3.92. The van der Waals surface area contributed by atoms with Crippen molar-refractivity contribution in [3.8, 4) is 0 Å². The second kappa shape index (κ2) is 3.25. The van der Waals surface area contributed by atoms with E-state index in [2.05, 4.69) is 52.5 Å². The molecule has 0 saturated heterocycles. The second-order valence-electron chi connectivity index (χ2n) is 4.79. The minimum absolute atomic E-state index is 0.210. The third kappa shape index (κ3) is 3.35. The lowest BCUT2D eigenvalue weighted by Crippen LogP contribution is -2.46. The fourth-order valence-corrected chi connectivity index (χ4v) is 2.28. The van der Waals surface area contributed by atoms with Gasteiger partial charge < -0.3 is 0 Å². The van der Waals surface area contributed by atoms with Crippen LogP contribution in [-0.2, 0) is 0 Å². The normalized spacial score (nSPS) is 14.5. The van der Waals surface area contributed by atoms with Crippen LogP contribution in [0.2, 0.25) is 0 Å². The summed E-state index contributed by atoms with van der Waals surface area (Å²) in [5.74, 6) is 0. The van der Waals surface area contributed by atoms with Crippen LogP contribution in [0.25, 0.3) is 0 Å². The molecule has 0 aliphatic carbocycles. The van der Waals surface area contributed by atoms with Crippen LogP contribution in [0.4, 0.5) is 0 Å². The zero-order valence-electron chi connectivity index (χ0n) is 8.60. The highest BCUT2D eigenvalue weighted by molar-refractivity contribution is 7.34. The minimum atomic E-state index is 0.210. The molecule has 0 aliphatic rings.